The average molecular weight is 548 g/mol. The summed E-state index contributed by atoms with van der Waals surface area (Å²) in [7, 11) is 0. The summed E-state index contributed by atoms with van der Waals surface area (Å²) in [6, 6.07) is 0. The van der Waals surface area contributed by atoms with Crippen LogP contribution >= 0.6 is 46.4 Å². The predicted octanol–water partition coefficient (Wildman–Crippen LogP) is 7.02. The number of hydrogen-bond donors (Lipinski definition) is 0. The minimum atomic E-state index is -6.86. The van der Waals surface area contributed by atoms with Crippen molar-refractivity contribution in [2.75, 3.05) is 13.3 Å². The molecule has 0 aromatic heterocycles. The van der Waals surface area contributed by atoms with Crippen molar-refractivity contribution in [2.45, 2.75) is 44.6 Å². The first-order valence-corrected chi connectivity index (χ1v) is 7.69. The van der Waals surface area contributed by atoms with E-state index in [1.54, 1.807) is 0 Å². The Hall–Kier alpha value is 0.140. The molecule has 0 N–H and O–H groups in total. The Morgan fingerprint density at radius 1 is 0.483 bits per heavy atom. The van der Waals surface area contributed by atoms with Gasteiger partial charge in [-0.05, 0) is 0 Å². The monoisotopic (exact) mass is 546 g/mol. The molecule has 0 aliphatic carbocycles. The van der Waals surface area contributed by atoms with Gasteiger partial charge in [-0.3, -0.25) is 4.74 Å². The van der Waals surface area contributed by atoms with Gasteiger partial charge in [0.2, 0.25) is 0 Å². The van der Waals surface area contributed by atoms with Crippen molar-refractivity contribution in [3.8, 4) is 0 Å². The van der Waals surface area contributed by atoms with E-state index in [1.165, 1.54) is 0 Å². The quantitative estimate of drug-likeness (QED) is 0.234. The van der Waals surface area contributed by atoms with E-state index in [2.05, 4.69) is 51.1 Å². The third kappa shape index (κ3) is 4.40. The predicted molar refractivity (Wildman–Crippen MR) is 71.6 cm³/mol. The summed E-state index contributed by atoms with van der Waals surface area (Å²) in [6.45, 7) is -7.33. The highest BCUT2D eigenvalue weighted by molar-refractivity contribution is 6.51. The highest BCUT2D eigenvalue weighted by atomic mass is 35.5. The molecule has 0 radical (unpaired) electrons. The lowest BCUT2D eigenvalue weighted by Gasteiger charge is -2.44. The van der Waals surface area contributed by atoms with Crippen molar-refractivity contribution < 1.29 is 66.2 Å². The maximum atomic E-state index is 13.8. The number of halogens is 18. The lowest BCUT2D eigenvalue weighted by atomic mass is 9.97. The molecule has 0 saturated carbocycles. The van der Waals surface area contributed by atoms with Gasteiger partial charge in [0.15, 0.2) is 0 Å². The molecule has 0 bridgehead atoms. The standard InChI is InChI=1S/C10H4Cl4F14O/c11-7(12,5(19,20)3(17,1-15)9(23,24)25)29-8(13,14)6(21,22)4(18,2-16)10(26,27)28/h1-2H2. The molecule has 1 nitrogen and oxygen atoms in total. The fourth-order valence-electron chi connectivity index (χ4n) is 1.43. The van der Waals surface area contributed by atoms with E-state index in [4.69, 9.17) is 0 Å². The van der Waals surface area contributed by atoms with Gasteiger partial charge in [-0.1, -0.05) is 46.4 Å². The summed E-state index contributed by atoms with van der Waals surface area (Å²) in [6.07, 6.45) is -13.7. The Balaban J connectivity index is 6.41. The molecule has 0 rings (SSSR count). The summed E-state index contributed by atoms with van der Waals surface area (Å²) in [4.78, 5) is 0. The molecule has 0 heterocycles. The van der Waals surface area contributed by atoms with Gasteiger partial charge in [-0.15, -0.1) is 0 Å². The van der Waals surface area contributed by atoms with Gasteiger partial charge in [0.1, 0.15) is 13.3 Å². The average Bonchev–Trinajstić information content (AvgIpc) is 2.48. The number of ether oxygens (including phenoxy) is 1. The van der Waals surface area contributed by atoms with Crippen LogP contribution in [-0.4, -0.2) is 57.9 Å². The second kappa shape index (κ2) is 7.93. The van der Waals surface area contributed by atoms with Gasteiger partial charge in [0, 0.05) is 0 Å². The Bertz CT molecular complexity index is 540. The van der Waals surface area contributed by atoms with Crippen LogP contribution in [0.15, 0.2) is 0 Å². The first-order valence-electron chi connectivity index (χ1n) is 6.17. The highest BCUT2D eigenvalue weighted by Gasteiger charge is 2.83. The van der Waals surface area contributed by atoms with Crippen LogP contribution in [0.3, 0.4) is 0 Å². The van der Waals surface area contributed by atoms with Gasteiger partial charge in [0.05, 0.1) is 0 Å². The molecule has 0 spiro atoms. The van der Waals surface area contributed by atoms with Gasteiger partial charge in [-0.2, -0.15) is 43.9 Å². The smallest absolute Gasteiger partial charge is 0.300 e. The second-order valence-electron chi connectivity index (χ2n) is 5.15. The molecule has 2 atom stereocenters. The SMILES string of the molecule is FCC(F)(C(F)(F)F)C(F)(F)C(Cl)(Cl)OC(Cl)(Cl)C(F)(F)C(F)(CF)C(F)(F)F. The van der Waals surface area contributed by atoms with E-state index in [-0.39, 0.29) is 0 Å². The van der Waals surface area contributed by atoms with Crippen LogP contribution in [0.2, 0.25) is 0 Å². The van der Waals surface area contributed by atoms with Crippen molar-refractivity contribution >= 4 is 46.4 Å². The van der Waals surface area contributed by atoms with E-state index < -0.39 is 57.9 Å². The third-order valence-electron chi connectivity index (χ3n) is 3.25. The Morgan fingerprint density at radius 2 is 0.690 bits per heavy atom. The molecular weight excluding hydrogens is 544 g/mol. The summed E-state index contributed by atoms with van der Waals surface area (Å²) >= 11 is 17.9. The van der Waals surface area contributed by atoms with Crippen molar-refractivity contribution in [1.29, 1.82) is 0 Å². The fourth-order valence-corrected chi connectivity index (χ4v) is 2.65. The molecule has 176 valence electrons. The lowest BCUT2D eigenvalue weighted by molar-refractivity contribution is -0.351. The van der Waals surface area contributed by atoms with E-state index in [0.29, 0.717) is 0 Å². The van der Waals surface area contributed by atoms with Gasteiger partial charge < -0.3 is 0 Å². The van der Waals surface area contributed by atoms with Crippen LogP contribution in [0.4, 0.5) is 61.5 Å². The van der Waals surface area contributed by atoms with Crippen LogP contribution in [0.25, 0.3) is 0 Å². The van der Waals surface area contributed by atoms with Gasteiger partial charge in [-0.25, -0.2) is 17.6 Å². The van der Waals surface area contributed by atoms with Crippen LogP contribution in [0.1, 0.15) is 0 Å². The molecule has 0 aromatic rings. The lowest BCUT2D eigenvalue weighted by Crippen LogP contribution is -2.69. The van der Waals surface area contributed by atoms with Crippen LogP contribution in [-0.2, 0) is 4.74 Å². The largest absolute Gasteiger partial charge is 0.431 e. The van der Waals surface area contributed by atoms with Crippen molar-refractivity contribution in [3.63, 3.8) is 0 Å². The topological polar surface area (TPSA) is 9.23 Å². The zero-order chi connectivity index (χ0) is 24.1. The molecule has 0 aromatic carbocycles. The fraction of sp³-hybridized carbons (Fsp3) is 1.00. The van der Waals surface area contributed by atoms with E-state index >= 15 is 0 Å². The summed E-state index contributed by atoms with van der Waals surface area (Å²) < 4.78 is 174. The molecule has 2 unspecified atom stereocenters. The molecule has 0 amide bonds. The summed E-state index contributed by atoms with van der Waals surface area (Å²) in [5, 5.41) is 0. The maximum Gasteiger partial charge on any atom is 0.431 e. The minimum Gasteiger partial charge on any atom is -0.300 e. The maximum absolute atomic E-state index is 13.8. The van der Waals surface area contributed by atoms with Crippen molar-refractivity contribution in [1.82, 2.24) is 0 Å². The Kier molecular flexibility index (Phi) is 7.96. The second-order valence-corrected chi connectivity index (χ2v) is 7.67. The van der Waals surface area contributed by atoms with Crippen LogP contribution < -0.4 is 0 Å². The van der Waals surface area contributed by atoms with E-state index in [1.807, 2.05) is 0 Å². The van der Waals surface area contributed by atoms with Gasteiger partial charge in [0.25, 0.3) is 9.04 Å². The first kappa shape index (κ1) is 29.1. The zero-order valence-corrected chi connectivity index (χ0v) is 15.6. The molecule has 0 fully saturated rings. The minimum absolute atomic E-state index is 2.99. The highest BCUT2D eigenvalue weighted by Crippen LogP contribution is 2.60. The van der Waals surface area contributed by atoms with Crippen molar-refractivity contribution in [2.24, 2.45) is 0 Å². The molecular formula is C10H4Cl4F14O. The van der Waals surface area contributed by atoms with Crippen molar-refractivity contribution in [3.05, 3.63) is 0 Å². The molecule has 29 heavy (non-hydrogen) atoms. The third-order valence-corrected chi connectivity index (χ3v) is 4.51. The molecule has 0 aliphatic rings. The number of hydrogen-bond acceptors (Lipinski definition) is 1. The van der Waals surface area contributed by atoms with E-state index in [0.717, 1.165) is 0 Å². The number of alkyl halides is 18. The summed E-state index contributed by atoms with van der Waals surface area (Å²) in [5.41, 5.74) is -12.8. The Labute approximate surface area is 171 Å². The van der Waals surface area contributed by atoms with E-state index in [9.17, 15) is 61.5 Å². The Morgan fingerprint density at radius 3 is 0.828 bits per heavy atom. The van der Waals surface area contributed by atoms with Crippen LogP contribution in [0, 0.1) is 0 Å². The number of rotatable bonds is 8. The first-order chi connectivity index (χ1) is 12.3. The summed E-state index contributed by atoms with van der Waals surface area (Å²) in [5.74, 6) is -13.3. The van der Waals surface area contributed by atoms with Crippen LogP contribution in [0.5, 0.6) is 0 Å². The molecule has 19 heteroatoms. The molecule has 0 aliphatic heterocycles. The normalized spacial score (nSPS) is 19.7. The zero-order valence-electron chi connectivity index (χ0n) is 12.6. The molecule has 0 saturated heterocycles. The van der Waals surface area contributed by atoms with Gasteiger partial charge >= 0.3 is 35.5 Å².